The molecule has 1 amide bonds. The average molecular weight is 296 g/mol. The molecule has 0 bridgehead atoms. The predicted octanol–water partition coefficient (Wildman–Crippen LogP) is 2.18. The highest BCUT2D eigenvalue weighted by atomic mass is 16.5. The molecule has 0 spiro atoms. The Balaban J connectivity index is 1.66. The molecule has 0 aliphatic carbocycles. The first-order valence-electron chi connectivity index (χ1n) is 6.96. The summed E-state index contributed by atoms with van der Waals surface area (Å²) in [6, 6.07) is 11.3. The van der Waals surface area contributed by atoms with Crippen LogP contribution in [-0.2, 0) is 11.3 Å². The molecule has 5 nitrogen and oxygen atoms in total. The van der Waals surface area contributed by atoms with Crippen LogP contribution in [-0.4, -0.2) is 24.6 Å². The molecule has 0 atom stereocenters. The molecule has 112 valence electrons. The molecule has 1 aromatic heterocycles. The minimum Gasteiger partial charge on any atom is -0.488 e. The number of nitrogens with one attached hydrogen (secondary N) is 1. The number of hydrogen-bond donors (Lipinski definition) is 1. The molecule has 22 heavy (non-hydrogen) atoms. The fraction of sp³-hybridized carbons (Fsp3) is 0.176. The molecule has 5 heteroatoms. The van der Waals surface area contributed by atoms with Crippen molar-refractivity contribution in [3.8, 4) is 11.6 Å². The summed E-state index contributed by atoms with van der Waals surface area (Å²) >= 11 is 0. The zero-order chi connectivity index (χ0) is 15.4. The van der Waals surface area contributed by atoms with Gasteiger partial charge < -0.3 is 14.8 Å². The third-order valence-corrected chi connectivity index (χ3v) is 3.39. The van der Waals surface area contributed by atoms with E-state index >= 15 is 0 Å². The molecule has 1 aliphatic rings. The summed E-state index contributed by atoms with van der Waals surface area (Å²) in [7, 11) is 1.56. The van der Waals surface area contributed by atoms with Gasteiger partial charge in [0.15, 0.2) is 0 Å². The van der Waals surface area contributed by atoms with Crippen LogP contribution in [0.3, 0.4) is 0 Å². The Hall–Kier alpha value is -2.82. The van der Waals surface area contributed by atoms with E-state index in [4.69, 9.17) is 9.47 Å². The molecule has 3 rings (SSSR count). The number of pyridine rings is 1. The first-order chi connectivity index (χ1) is 10.8. The molecule has 1 aromatic carbocycles. The monoisotopic (exact) mass is 296 g/mol. The number of ether oxygens (including phenoxy) is 2. The van der Waals surface area contributed by atoms with Crippen molar-refractivity contribution in [3.05, 3.63) is 59.3 Å². The summed E-state index contributed by atoms with van der Waals surface area (Å²) in [6.45, 7) is 0.694. The van der Waals surface area contributed by atoms with Gasteiger partial charge in [-0.2, -0.15) is 0 Å². The Morgan fingerprint density at radius 3 is 3.09 bits per heavy atom. The fourth-order valence-corrected chi connectivity index (χ4v) is 2.22. The fourth-order valence-electron chi connectivity index (χ4n) is 2.22. The summed E-state index contributed by atoms with van der Waals surface area (Å²) in [6.07, 6.45) is 3.51. The normalized spacial score (nSPS) is 12.7. The predicted molar refractivity (Wildman–Crippen MR) is 82.5 cm³/mol. The van der Waals surface area contributed by atoms with Crippen LogP contribution in [0, 0.1) is 0 Å². The van der Waals surface area contributed by atoms with Crippen LogP contribution in [0.5, 0.6) is 11.6 Å². The maximum atomic E-state index is 12.2. The van der Waals surface area contributed by atoms with Gasteiger partial charge >= 0.3 is 0 Å². The lowest BCUT2D eigenvalue weighted by molar-refractivity contribution is -0.117. The quantitative estimate of drug-likeness (QED) is 0.939. The molecular formula is C17H16N2O3. The lowest BCUT2D eigenvalue weighted by Gasteiger charge is -2.17. The van der Waals surface area contributed by atoms with Crippen LogP contribution in [0.4, 0.5) is 0 Å². The van der Waals surface area contributed by atoms with Gasteiger partial charge in [-0.3, -0.25) is 4.79 Å². The molecule has 0 unspecified atom stereocenters. The van der Waals surface area contributed by atoms with Crippen molar-refractivity contribution in [1.82, 2.24) is 10.3 Å². The van der Waals surface area contributed by atoms with Crippen LogP contribution >= 0.6 is 0 Å². The number of methoxy groups -OCH3 is 1. The topological polar surface area (TPSA) is 60.5 Å². The van der Waals surface area contributed by atoms with Crippen molar-refractivity contribution in [3.63, 3.8) is 0 Å². The molecular weight excluding hydrogens is 280 g/mol. The van der Waals surface area contributed by atoms with E-state index in [1.165, 1.54) is 0 Å². The lowest BCUT2D eigenvalue weighted by Crippen LogP contribution is -2.28. The van der Waals surface area contributed by atoms with E-state index in [0.29, 0.717) is 18.0 Å². The summed E-state index contributed by atoms with van der Waals surface area (Å²) < 4.78 is 10.6. The smallest absolute Gasteiger partial charge is 0.250 e. The maximum absolute atomic E-state index is 12.2. The van der Waals surface area contributed by atoms with Gasteiger partial charge in [0.2, 0.25) is 5.88 Å². The van der Waals surface area contributed by atoms with Crippen LogP contribution in [0.2, 0.25) is 0 Å². The van der Waals surface area contributed by atoms with Gasteiger partial charge in [-0.05, 0) is 23.8 Å². The molecule has 2 aromatic rings. The SMILES string of the molecule is COc1cc(CNC(=O)C2=Cc3ccccc3OC2)ccn1. The van der Waals surface area contributed by atoms with Crippen molar-refractivity contribution >= 4 is 12.0 Å². The highest BCUT2D eigenvalue weighted by molar-refractivity contribution is 5.99. The molecule has 1 aliphatic heterocycles. The first-order valence-corrected chi connectivity index (χ1v) is 6.96. The molecule has 0 saturated carbocycles. The number of aromatic nitrogens is 1. The van der Waals surface area contributed by atoms with Crippen LogP contribution in [0.1, 0.15) is 11.1 Å². The maximum Gasteiger partial charge on any atom is 0.250 e. The minimum atomic E-state index is -0.134. The van der Waals surface area contributed by atoms with Gasteiger partial charge in [-0.15, -0.1) is 0 Å². The summed E-state index contributed by atoms with van der Waals surface area (Å²) in [5.41, 5.74) is 2.46. The Kier molecular flexibility index (Phi) is 4.05. The van der Waals surface area contributed by atoms with E-state index < -0.39 is 0 Å². The average Bonchev–Trinajstić information content (AvgIpc) is 2.59. The van der Waals surface area contributed by atoms with E-state index in [1.807, 2.05) is 36.4 Å². The summed E-state index contributed by atoms with van der Waals surface area (Å²) in [5, 5.41) is 2.88. The Bertz CT molecular complexity index is 725. The molecule has 1 N–H and O–H groups in total. The van der Waals surface area contributed by atoms with Gasteiger partial charge in [0.1, 0.15) is 12.4 Å². The third-order valence-electron chi connectivity index (χ3n) is 3.39. The van der Waals surface area contributed by atoms with Crippen LogP contribution in [0.15, 0.2) is 48.2 Å². The third kappa shape index (κ3) is 3.09. The Morgan fingerprint density at radius 1 is 1.36 bits per heavy atom. The second kappa shape index (κ2) is 6.30. The minimum absolute atomic E-state index is 0.134. The van der Waals surface area contributed by atoms with Gasteiger partial charge in [-0.1, -0.05) is 18.2 Å². The zero-order valence-corrected chi connectivity index (χ0v) is 12.2. The van der Waals surface area contributed by atoms with Crippen molar-refractivity contribution in [2.75, 3.05) is 13.7 Å². The van der Waals surface area contributed by atoms with Crippen molar-refractivity contribution < 1.29 is 14.3 Å². The van der Waals surface area contributed by atoms with Crippen LogP contribution < -0.4 is 14.8 Å². The second-order valence-electron chi connectivity index (χ2n) is 4.89. The highest BCUT2D eigenvalue weighted by Crippen LogP contribution is 2.25. The van der Waals surface area contributed by atoms with E-state index in [9.17, 15) is 4.79 Å². The van der Waals surface area contributed by atoms with E-state index in [0.717, 1.165) is 16.9 Å². The number of rotatable bonds is 4. The number of nitrogens with zero attached hydrogens (tertiary/aromatic N) is 1. The molecule has 0 fully saturated rings. The number of carbonyl (C=O) groups excluding carboxylic acids is 1. The van der Waals surface area contributed by atoms with Crippen molar-refractivity contribution in [2.24, 2.45) is 0 Å². The van der Waals surface area contributed by atoms with Crippen molar-refractivity contribution in [1.29, 1.82) is 0 Å². The van der Waals surface area contributed by atoms with E-state index in [1.54, 1.807) is 19.4 Å². The number of carbonyl (C=O) groups is 1. The number of amides is 1. The molecule has 2 heterocycles. The number of para-hydroxylation sites is 1. The number of hydrogen-bond acceptors (Lipinski definition) is 4. The zero-order valence-electron chi connectivity index (χ0n) is 12.2. The van der Waals surface area contributed by atoms with E-state index in [-0.39, 0.29) is 12.5 Å². The second-order valence-corrected chi connectivity index (χ2v) is 4.89. The van der Waals surface area contributed by atoms with Crippen molar-refractivity contribution in [2.45, 2.75) is 6.54 Å². The summed E-state index contributed by atoms with van der Waals surface area (Å²) in [5.74, 6) is 1.20. The Labute approximate surface area is 128 Å². The summed E-state index contributed by atoms with van der Waals surface area (Å²) in [4.78, 5) is 16.3. The number of fused-ring (bicyclic) bond motifs is 1. The van der Waals surface area contributed by atoms with Gasteiger partial charge in [0, 0.05) is 24.4 Å². The largest absolute Gasteiger partial charge is 0.488 e. The molecule has 0 radical (unpaired) electrons. The lowest BCUT2D eigenvalue weighted by atomic mass is 10.1. The van der Waals surface area contributed by atoms with Gasteiger partial charge in [0.25, 0.3) is 5.91 Å². The molecule has 0 saturated heterocycles. The highest BCUT2D eigenvalue weighted by Gasteiger charge is 2.16. The van der Waals surface area contributed by atoms with Crippen LogP contribution in [0.25, 0.3) is 6.08 Å². The standard InChI is InChI=1S/C17H16N2O3/c1-21-16-8-12(6-7-18-16)10-19-17(20)14-9-13-4-2-3-5-15(13)22-11-14/h2-9H,10-11H2,1H3,(H,19,20). The van der Waals surface area contributed by atoms with Gasteiger partial charge in [-0.25, -0.2) is 4.98 Å². The van der Waals surface area contributed by atoms with Gasteiger partial charge in [0.05, 0.1) is 12.7 Å². The van der Waals surface area contributed by atoms with E-state index in [2.05, 4.69) is 10.3 Å². The number of benzene rings is 1. The Morgan fingerprint density at radius 2 is 2.23 bits per heavy atom. The first kappa shape index (κ1) is 14.1.